The molecule has 1 unspecified atom stereocenters. The molecule has 8 nitrogen and oxygen atoms in total. The van der Waals surface area contributed by atoms with E-state index in [0.29, 0.717) is 17.7 Å². The van der Waals surface area contributed by atoms with E-state index in [2.05, 4.69) is 15.4 Å². The quantitative estimate of drug-likeness (QED) is 0.400. The summed E-state index contributed by atoms with van der Waals surface area (Å²) in [6.07, 6.45) is -4.05. The lowest BCUT2D eigenvalue weighted by atomic mass is 9.84. The van der Waals surface area contributed by atoms with Crippen LogP contribution in [0.1, 0.15) is 11.3 Å². The second-order valence-corrected chi connectivity index (χ2v) is 8.66. The van der Waals surface area contributed by atoms with Crippen LogP contribution in [-0.2, 0) is 16.3 Å². The zero-order valence-corrected chi connectivity index (χ0v) is 19.9. The molecule has 0 saturated heterocycles. The Morgan fingerprint density at radius 1 is 0.974 bits per heavy atom. The van der Waals surface area contributed by atoms with Gasteiger partial charge < -0.3 is 10.4 Å². The van der Waals surface area contributed by atoms with E-state index in [-0.39, 0.29) is 17.9 Å². The van der Waals surface area contributed by atoms with Crippen LogP contribution in [0.5, 0.6) is 0 Å². The van der Waals surface area contributed by atoms with Crippen LogP contribution in [0.4, 0.5) is 36.4 Å². The van der Waals surface area contributed by atoms with Crippen LogP contribution in [0.25, 0.3) is 11.1 Å². The number of aliphatic hydroxyl groups is 1. The van der Waals surface area contributed by atoms with Gasteiger partial charge in [0.05, 0.1) is 6.54 Å². The Balaban J connectivity index is 1.63. The standard InChI is InChI=1S/C24H19F7N6O2/c1-36-13-37(35-34-36)12-22(39,18-8-5-16(25)10-19(18)26)23(27,28)20-9-4-15(11-32-20)14-2-6-17(7-3-14)33-21(38)24(29,30)31/h2-11,39H,12-13H2,1H3,(H,33,38). The van der Waals surface area contributed by atoms with Crippen molar-refractivity contribution in [2.24, 2.45) is 10.4 Å². The summed E-state index contributed by atoms with van der Waals surface area (Å²) in [5, 5.41) is 22.5. The van der Waals surface area contributed by atoms with Gasteiger partial charge in [-0.1, -0.05) is 28.6 Å². The number of aromatic nitrogens is 1. The maximum Gasteiger partial charge on any atom is 0.471 e. The van der Waals surface area contributed by atoms with Crippen LogP contribution in [0.15, 0.2) is 71.2 Å². The number of alkyl halides is 5. The van der Waals surface area contributed by atoms with Crippen molar-refractivity contribution < 1.29 is 40.6 Å². The van der Waals surface area contributed by atoms with Crippen LogP contribution in [0, 0.1) is 11.6 Å². The largest absolute Gasteiger partial charge is 0.471 e. The Bertz CT molecular complexity index is 1380. The number of hydrogen-bond acceptors (Lipinski definition) is 7. The monoisotopic (exact) mass is 556 g/mol. The number of halogens is 7. The Morgan fingerprint density at radius 3 is 2.18 bits per heavy atom. The van der Waals surface area contributed by atoms with E-state index in [4.69, 9.17) is 0 Å². The number of pyridine rings is 1. The average molecular weight is 556 g/mol. The highest BCUT2D eigenvalue weighted by Crippen LogP contribution is 2.46. The molecule has 0 fully saturated rings. The first-order valence-electron chi connectivity index (χ1n) is 11.1. The molecule has 1 atom stereocenters. The van der Waals surface area contributed by atoms with Crippen LogP contribution < -0.4 is 5.32 Å². The van der Waals surface area contributed by atoms with Gasteiger partial charge in [0.15, 0.2) is 5.60 Å². The molecule has 1 amide bonds. The molecule has 2 heterocycles. The number of β-amino-alcohol motifs (C(OH)–C–C–N with tert-alkyl or cyclic N) is 1. The summed E-state index contributed by atoms with van der Waals surface area (Å²) in [5.74, 6) is -8.83. The van der Waals surface area contributed by atoms with Crippen molar-refractivity contribution in [2.75, 3.05) is 25.6 Å². The molecule has 15 heteroatoms. The van der Waals surface area contributed by atoms with Gasteiger partial charge in [-0.25, -0.2) is 8.78 Å². The molecular formula is C24H19F7N6O2. The minimum atomic E-state index is -5.07. The van der Waals surface area contributed by atoms with Crippen LogP contribution in [-0.4, -0.2) is 52.5 Å². The Morgan fingerprint density at radius 2 is 1.64 bits per heavy atom. The number of hydrogen-bond donors (Lipinski definition) is 2. The number of carbonyl (C=O) groups is 1. The lowest BCUT2D eigenvalue weighted by Gasteiger charge is -2.37. The summed E-state index contributed by atoms with van der Waals surface area (Å²) >= 11 is 0. The molecule has 2 aromatic carbocycles. The Kier molecular flexibility index (Phi) is 7.21. The molecule has 0 radical (unpaired) electrons. The van der Waals surface area contributed by atoms with Crippen molar-refractivity contribution in [3.63, 3.8) is 0 Å². The molecule has 0 aliphatic carbocycles. The normalized spacial score (nSPS) is 15.4. The lowest BCUT2D eigenvalue weighted by Crippen LogP contribution is -2.51. The molecule has 1 aliphatic heterocycles. The van der Waals surface area contributed by atoms with Crippen molar-refractivity contribution in [1.29, 1.82) is 0 Å². The smallest absolute Gasteiger partial charge is 0.377 e. The summed E-state index contributed by atoms with van der Waals surface area (Å²) in [5.41, 5.74) is -4.61. The zero-order chi connectivity index (χ0) is 28.6. The van der Waals surface area contributed by atoms with Gasteiger partial charge in [-0.05, 0) is 35.9 Å². The summed E-state index contributed by atoms with van der Waals surface area (Å²) in [6, 6.07) is 8.93. The topological polar surface area (TPSA) is 93.4 Å². The van der Waals surface area contributed by atoms with E-state index < -0.39 is 53.0 Å². The van der Waals surface area contributed by atoms with Gasteiger partial charge in [0.25, 0.3) is 0 Å². The average Bonchev–Trinajstić information content (AvgIpc) is 3.27. The van der Waals surface area contributed by atoms with Crippen molar-refractivity contribution >= 4 is 11.6 Å². The zero-order valence-electron chi connectivity index (χ0n) is 19.9. The predicted molar refractivity (Wildman–Crippen MR) is 123 cm³/mol. The van der Waals surface area contributed by atoms with Crippen molar-refractivity contribution in [3.8, 4) is 11.1 Å². The third kappa shape index (κ3) is 5.62. The molecule has 3 aromatic rings. The number of nitrogens with zero attached hydrogens (tertiary/aromatic N) is 5. The number of rotatable bonds is 7. The summed E-state index contributed by atoms with van der Waals surface area (Å²) in [4.78, 5) is 14.8. The van der Waals surface area contributed by atoms with Crippen LogP contribution >= 0.6 is 0 Å². The number of amides is 1. The fourth-order valence-corrected chi connectivity index (χ4v) is 3.85. The van der Waals surface area contributed by atoms with E-state index >= 15 is 8.78 Å². The molecule has 1 aliphatic rings. The van der Waals surface area contributed by atoms with E-state index in [0.717, 1.165) is 23.3 Å². The molecule has 0 spiro atoms. The lowest BCUT2D eigenvalue weighted by molar-refractivity contribution is -0.208. The molecule has 4 rings (SSSR count). The van der Waals surface area contributed by atoms with Crippen molar-refractivity contribution in [1.82, 2.24) is 15.0 Å². The minimum absolute atomic E-state index is 0.0903. The van der Waals surface area contributed by atoms with Crippen LogP contribution in [0.2, 0.25) is 0 Å². The second kappa shape index (κ2) is 10.1. The molecule has 0 bridgehead atoms. The highest BCUT2D eigenvalue weighted by molar-refractivity contribution is 5.95. The Labute approximate surface area is 216 Å². The number of carbonyl (C=O) groups excluding carboxylic acids is 1. The van der Waals surface area contributed by atoms with Crippen LogP contribution in [0.3, 0.4) is 0 Å². The van der Waals surface area contributed by atoms with Gasteiger partial charge in [0, 0.05) is 36.1 Å². The first kappa shape index (κ1) is 27.8. The number of anilines is 1. The minimum Gasteiger partial charge on any atom is -0.377 e. The number of benzene rings is 2. The Hall–Kier alpha value is -4.27. The fraction of sp³-hybridized carbons (Fsp3) is 0.250. The molecule has 1 aromatic heterocycles. The fourth-order valence-electron chi connectivity index (χ4n) is 3.85. The van der Waals surface area contributed by atoms with Crippen molar-refractivity contribution in [3.05, 3.63) is 83.7 Å². The first-order valence-corrected chi connectivity index (χ1v) is 11.1. The maximum absolute atomic E-state index is 15.9. The third-order valence-electron chi connectivity index (χ3n) is 5.81. The van der Waals surface area contributed by atoms with E-state index in [1.807, 2.05) is 0 Å². The SMILES string of the molecule is CN1CN(CC(O)(c2ccc(F)cc2F)C(F)(F)c2ccc(-c3ccc(NC(=O)C(F)(F)F)cc3)cn2)N=N1. The van der Waals surface area contributed by atoms with E-state index in [9.17, 15) is 31.9 Å². The highest BCUT2D eigenvalue weighted by atomic mass is 19.4. The summed E-state index contributed by atoms with van der Waals surface area (Å²) in [7, 11) is 1.50. The first-order chi connectivity index (χ1) is 18.2. The molecule has 206 valence electrons. The summed E-state index contributed by atoms with van der Waals surface area (Å²) in [6.45, 7) is -1.02. The predicted octanol–water partition coefficient (Wildman–Crippen LogP) is 4.99. The summed E-state index contributed by atoms with van der Waals surface area (Å²) < 4.78 is 97.3. The number of nitrogens with one attached hydrogen (secondary N) is 1. The van der Waals surface area contributed by atoms with Crippen molar-refractivity contribution in [2.45, 2.75) is 17.7 Å². The molecule has 2 N–H and O–H groups in total. The molecular weight excluding hydrogens is 537 g/mol. The van der Waals surface area contributed by atoms with E-state index in [1.165, 1.54) is 42.4 Å². The van der Waals surface area contributed by atoms with Gasteiger partial charge in [-0.3, -0.25) is 19.8 Å². The highest BCUT2D eigenvalue weighted by Gasteiger charge is 2.58. The van der Waals surface area contributed by atoms with Gasteiger partial charge >= 0.3 is 18.0 Å². The third-order valence-corrected chi connectivity index (χ3v) is 5.81. The molecule has 39 heavy (non-hydrogen) atoms. The maximum atomic E-state index is 15.9. The second-order valence-electron chi connectivity index (χ2n) is 8.66. The van der Waals surface area contributed by atoms with Gasteiger partial charge in [0.1, 0.15) is 24.0 Å². The van der Waals surface area contributed by atoms with E-state index in [1.54, 1.807) is 5.32 Å². The van der Waals surface area contributed by atoms with Gasteiger partial charge in [0.2, 0.25) is 0 Å². The van der Waals surface area contributed by atoms with Gasteiger partial charge in [-0.2, -0.15) is 22.0 Å². The van der Waals surface area contributed by atoms with Gasteiger partial charge in [-0.15, -0.1) is 0 Å². The molecule has 0 saturated carbocycles.